The van der Waals surface area contributed by atoms with Crippen LogP contribution in [0.1, 0.15) is 40.7 Å². The van der Waals surface area contributed by atoms with Crippen molar-refractivity contribution in [1.82, 2.24) is 14.3 Å². The zero-order valence-corrected chi connectivity index (χ0v) is 13.5. The number of hydrogen-bond acceptors (Lipinski definition) is 4. The first-order valence-corrected chi connectivity index (χ1v) is 7.87. The number of likely N-dealkylation sites (tertiary alicyclic amines) is 1. The van der Waals surface area contributed by atoms with Crippen LogP contribution in [0.3, 0.4) is 0 Å². The van der Waals surface area contributed by atoms with Crippen LogP contribution >= 0.6 is 0 Å². The molecule has 3 rings (SSSR count). The lowest BCUT2D eigenvalue weighted by atomic mass is 9.97. The average molecular weight is 315 g/mol. The van der Waals surface area contributed by atoms with E-state index in [9.17, 15) is 9.59 Å². The van der Waals surface area contributed by atoms with Crippen molar-refractivity contribution in [2.24, 2.45) is 5.92 Å². The number of imidazole rings is 1. The number of Topliss-reactive ketones (excluding diaryl/α,β-unsaturated/α-hetero) is 1. The van der Waals surface area contributed by atoms with E-state index in [4.69, 9.17) is 4.74 Å². The van der Waals surface area contributed by atoms with E-state index in [0.29, 0.717) is 23.0 Å². The number of hydrogen-bond donors (Lipinski definition) is 0. The van der Waals surface area contributed by atoms with Crippen LogP contribution in [0.4, 0.5) is 0 Å². The Morgan fingerprint density at radius 1 is 1.30 bits per heavy atom. The first-order valence-electron chi connectivity index (χ1n) is 7.87. The number of aromatic nitrogens is 2. The van der Waals surface area contributed by atoms with Gasteiger partial charge in [0.25, 0.3) is 5.91 Å². The van der Waals surface area contributed by atoms with E-state index in [2.05, 4.69) is 4.98 Å². The molecule has 23 heavy (non-hydrogen) atoms. The summed E-state index contributed by atoms with van der Waals surface area (Å²) in [7, 11) is 1.71. The van der Waals surface area contributed by atoms with Crippen molar-refractivity contribution in [1.29, 1.82) is 0 Å². The number of rotatable bonds is 4. The van der Waals surface area contributed by atoms with Gasteiger partial charge in [0.05, 0.1) is 5.69 Å². The molecule has 1 saturated heterocycles. The lowest BCUT2D eigenvalue weighted by Gasteiger charge is -2.31. The number of amides is 1. The average Bonchev–Trinajstić information content (AvgIpc) is 2.99. The lowest BCUT2D eigenvalue weighted by Crippen LogP contribution is -2.39. The standard InChI is InChI=1S/C17H21N3O3/c1-12(21)15-4-3-5-16-18-14(10-20(15)16)17(22)19-8-6-13(7-9-19)11-23-2/h3-5,10,13H,6-9,11H2,1-2H3. The highest BCUT2D eigenvalue weighted by Crippen LogP contribution is 2.19. The molecule has 0 spiro atoms. The Hall–Kier alpha value is -2.21. The molecule has 0 atom stereocenters. The molecule has 0 aromatic carbocycles. The molecule has 0 radical (unpaired) electrons. The van der Waals surface area contributed by atoms with E-state index in [-0.39, 0.29) is 11.7 Å². The molecule has 0 aliphatic carbocycles. The molecule has 6 heteroatoms. The predicted octanol–water partition coefficient (Wildman–Crippen LogP) is 2.04. The van der Waals surface area contributed by atoms with Gasteiger partial charge in [0.15, 0.2) is 5.78 Å². The number of carbonyl (C=O) groups excluding carboxylic acids is 2. The topological polar surface area (TPSA) is 63.9 Å². The SMILES string of the molecule is COCC1CCN(C(=O)c2cn3c(C(C)=O)cccc3n2)CC1. The van der Waals surface area contributed by atoms with Crippen LogP contribution in [-0.4, -0.2) is 52.8 Å². The van der Waals surface area contributed by atoms with E-state index >= 15 is 0 Å². The predicted molar refractivity (Wildman–Crippen MR) is 85.7 cm³/mol. The van der Waals surface area contributed by atoms with Gasteiger partial charge < -0.3 is 9.64 Å². The molecular weight excluding hydrogens is 294 g/mol. The molecule has 0 bridgehead atoms. The van der Waals surface area contributed by atoms with Gasteiger partial charge in [-0.1, -0.05) is 6.07 Å². The van der Waals surface area contributed by atoms with Gasteiger partial charge in [-0.2, -0.15) is 0 Å². The Labute approximate surface area is 135 Å². The van der Waals surface area contributed by atoms with Crippen molar-refractivity contribution in [2.75, 3.05) is 26.8 Å². The van der Waals surface area contributed by atoms with Crippen molar-refractivity contribution in [3.63, 3.8) is 0 Å². The third-order valence-corrected chi connectivity index (χ3v) is 4.38. The van der Waals surface area contributed by atoms with Crippen molar-refractivity contribution in [3.8, 4) is 0 Å². The van der Waals surface area contributed by atoms with Gasteiger partial charge in [0, 0.05) is 39.9 Å². The summed E-state index contributed by atoms with van der Waals surface area (Å²) in [6, 6.07) is 5.32. The second-order valence-corrected chi connectivity index (χ2v) is 6.01. The smallest absolute Gasteiger partial charge is 0.274 e. The maximum absolute atomic E-state index is 12.6. The summed E-state index contributed by atoms with van der Waals surface area (Å²) in [5.41, 5.74) is 1.55. The fourth-order valence-corrected chi connectivity index (χ4v) is 3.10. The lowest BCUT2D eigenvalue weighted by molar-refractivity contribution is 0.0608. The molecule has 6 nitrogen and oxygen atoms in total. The summed E-state index contributed by atoms with van der Waals surface area (Å²) in [5.74, 6) is 0.404. The molecular formula is C17H21N3O3. The normalized spacial score (nSPS) is 16.0. The van der Waals surface area contributed by atoms with E-state index in [1.807, 2.05) is 4.90 Å². The summed E-state index contributed by atoms with van der Waals surface area (Å²) < 4.78 is 6.87. The number of nitrogens with zero attached hydrogens (tertiary/aromatic N) is 3. The first kappa shape index (κ1) is 15.7. The number of pyridine rings is 1. The van der Waals surface area contributed by atoms with Gasteiger partial charge in [-0.05, 0) is 30.9 Å². The molecule has 122 valence electrons. The molecule has 2 aromatic heterocycles. The molecule has 0 N–H and O–H groups in total. The molecule has 1 amide bonds. The quantitative estimate of drug-likeness (QED) is 0.810. The van der Waals surface area contributed by atoms with Crippen molar-refractivity contribution < 1.29 is 14.3 Å². The van der Waals surface area contributed by atoms with Crippen LogP contribution in [0.5, 0.6) is 0 Å². The van der Waals surface area contributed by atoms with Gasteiger partial charge in [-0.3, -0.25) is 14.0 Å². The third kappa shape index (κ3) is 3.12. The number of ether oxygens (including phenoxy) is 1. The van der Waals surface area contributed by atoms with Gasteiger partial charge in [-0.15, -0.1) is 0 Å². The van der Waals surface area contributed by atoms with Gasteiger partial charge in [0.2, 0.25) is 0 Å². The zero-order valence-electron chi connectivity index (χ0n) is 13.5. The van der Waals surface area contributed by atoms with Crippen LogP contribution in [0, 0.1) is 5.92 Å². The van der Waals surface area contributed by atoms with Crippen LogP contribution in [-0.2, 0) is 4.74 Å². The molecule has 0 unspecified atom stereocenters. The highest BCUT2D eigenvalue weighted by molar-refractivity contribution is 5.95. The van der Waals surface area contributed by atoms with E-state index in [1.54, 1.807) is 35.9 Å². The number of methoxy groups -OCH3 is 1. The number of carbonyl (C=O) groups is 2. The maximum Gasteiger partial charge on any atom is 0.274 e. The van der Waals surface area contributed by atoms with Crippen molar-refractivity contribution in [3.05, 3.63) is 35.8 Å². The van der Waals surface area contributed by atoms with E-state index < -0.39 is 0 Å². The van der Waals surface area contributed by atoms with Gasteiger partial charge in [0.1, 0.15) is 11.3 Å². The third-order valence-electron chi connectivity index (χ3n) is 4.38. The van der Waals surface area contributed by atoms with Crippen LogP contribution < -0.4 is 0 Å². The molecule has 1 aliphatic rings. The maximum atomic E-state index is 12.6. The Balaban J connectivity index is 1.79. The monoisotopic (exact) mass is 315 g/mol. The number of ketones is 1. The minimum Gasteiger partial charge on any atom is -0.384 e. The van der Waals surface area contributed by atoms with Gasteiger partial charge >= 0.3 is 0 Å². The summed E-state index contributed by atoms with van der Waals surface area (Å²) >= 11 is 0. The van der Waals surface area contributed by atoms with Crippen LogP contribution in [0.15, 0.2) is 24.4 Å². The molecule has 1 aliphatic heterocycles. The largest absolute Gasteiger partial charge is 0.384 e. The van der Waals surface area contributed by atoms with Crippen LogP contribution in [0.25, 0.3) is 5.65 Å². The number of piperidine rings is 1. The Bertz CT molecular complexity index is 730. The Morgan fingerprint density at radius 2 is 2.04 bits per heavy atom. The summed E-state index contributed by atoms with van der Waals surface area (Å²) in [6.45, 7) is 3.70. The summed E-state index contributed by atoms with van der Waals surface area (Å²) in [5, 5.41) is 0. The fraction of sp³-hybridized carbons (Fsp3) is 0.471. The Kier molecular flexibility index (Phi) is 4.43. The minimum absolute atomic E-state index is 0.0487. The highest BCUT2D eigenvalue weighted by Gasteiger charge is 2.25. The molecule has 1 fully saturated rings. The Morgan fingerprint density at radius 3 is 2.70 bits per heavy atom. The van der Waals surface area contributed by atoms with Gasteiger partial charge in [-0.25, -0.2) is 4.98 Å². The second kappa shape index (κ2) is 6.50. The molecule has 2 aromatic rings. The summed E-state index contributed by atoms with van der Waals surface area (Å²) in [6.07, 6.45) is 3.56. The molecule has 3 heterocycles. The zero-order chi connectivity index (χ0) is 16.4. The van der Waals surface area contributed by atoms with Crippen molar-refractivity contribution >= 4 is 17.3 Å². The first-order chi connectivity index (χ1) is 11.1. The second-order valence-electron chi connectivity index (χ2n) is 6.01. The fourth-order valence-electron chi connectivity index (χ4n) is 3.10. The summed E-state index contributed by atoms with van der Waals surface area (Å²) in [4.78, 5) is 30.5. The van der Waals surface area contributed by atoms with Crippen molar-refractivity contribution in [2.45, 2.75) is 19.8 Å². The molecule has 0 saturated carbocycles. The number of fused-ring (bicyclic) bond motifs is 1. The van der Waals surface area contributed by atoms with Crippen LogP contribution in [0.2, 0.25) is 0 Å². The minimum atomic E-state index is -0.0703. The van der Waals surface area contributed by atoms with E-state index in [0.717, 1.165) is 32.5 Å². The highest BCUT2D eigenvalue weighted by atomic mass is 16.5. The van der Waals surface area contributed by atoms with E-state index in [1.165, 1.54) is 6.92 Å².